The van der Waals surface area contributed by atoms with Crippen LogP contribution in [0.2, 0.25) is 0 Å². The molecule has 6 rings (SSSR count). The molecular formula is C24H16BrN3O4. The number of rotatable bonds is 3. The first-order chi connectivity index (χ1) is 15.6. The van der Waals surface area contributed by atoms with Crippen LogP contribution in [0.1, 0.15) is 5.56 Å². The van der Waals surface area contributed by atoms with Crippen LogP contribution in [0.25, 0.3) is 0 Å². The van der Waals surface area contributed by atoms with E-state index < -0.39 is 12.0 Å². The van der Waals surface area contributed by atoms with Gasteiger partial charge in [0.25, 0.3) is 5.91 Å². The summed E-state index contributed by atoms with van der Waals surface area (Å²) in [5.41, 5.74) is 2.59. The molecule has 7 nitrogen and oxygen atoms in total. The van der Waals surface area contributed by atoms with E-state index in [9.17, 15) is 9.59 Å². The molecule has 3 aliphatic rings. The van der Waals surface area contributed by atoms with E-state index in [1.807, 2.05) is 54.6 Å². The second-order valence-corrected chi connectivity index (χ2v) is 8.56. The quantitative estimate of drug-likeness (QED) is 0.520. The summed E-state index contributed by atoms with van der Waals surface area (Å²) in [6.07, 6.45) is 0. The maximum absolute atomic E-state index is 13.6. The lowest BCUT2D eigenvalue weighted by Gasteiger charge is -2.22. The summed E-state index contributed by atoms with van der Waals surface area (Å²) in [5.74, 6) is -0.232. The zero-order valence-electron chi connectivity index (χ0n) is 16.6. The van der Waals surface area contributed by atoms with Gasteiger partial charge in [-0.3, -0.25) is 14.6 Å². The fourth-order valence-electron chi connectivity index (χ4n) is 4.35. The van der Waals surface area contributed by atoms with Crippen LogP contribution in [0.15, 0.2) is 82.4 Å². The standard InChI is InChI=1S/C24H16BrN3O4/c25-15-8-6-14(7-9-15)21-20-22(28(26-21)16-4-2-1-3-5-16)24(30)27(23(20)29)17-10-11-18-19(12-17)32-13-31-18/h1-12,20,22H,13H2/t20-,22+/m0/s1. The van der Waals surface area contributed by atoms with Gasteiger partial charge in [-0.1, -0.05) is 46.3 Å². The van der Waals surface area contributed by atoms with Crippen molar-refractivity contribution in [1.82, 2.24) is 0 Å². The Labute approximate surface area is 192 Å². The molecule has 0 aromatic heterocycles. The van der Waals surface area contributed by atoms with E-state index in [1.165, 1.54) is 4.90 Å². The summed E-state index contributed by atoms with van der Waals surface area (Å²) in [6, 6.07) is 21.3. The smallest absolute Gasteiger partial charge is 0.259 e. The van der Waals surface area contributed by atoms with Crippen molar-refractivity contribution < 1.29 is 19.1 Å². The van der Waals surface area contributed by atoms with Crippen molar-refractivity contribution in [3.63, 3.8) is 0 Å². The van der Waals surface area contributed by atoms with Crippen molar-refractivity contribution in [3.8, 4) is 11.5 Å². The molecule has 158 valence electrons. The Kier molecular flexibility index (Phi) is 4.29. The predicted molar refractivity (Wildman–Crippen MR) is 122 cm³/mol. The Morgan fingerprint density at radius 1 is 0.844 bits per heavy atom. The summed E-state index contributed by atoms with van der Waals surface area (Å²) in [7, 11) is 0. The number of amides is 2. The van der Waals surface area contributed by atoms with E-state index in [4.69, 9.17) is 14.6 Å². The molecule has 2 amide bonds. The molecule has 32 heavy (non-hydrogen) atoms. The minimum atomic E-state index is -0.756. The number of nitrogens with zero attached hydrogens (tertiary/aromatic N) is 3. The van der Waals surface area contributed by atoms with Crippen molar-refractivity contribution in [2.24, 2.45) is 11.0 Å². The van der Waals surface area contributed by atoms with Gasteiger partial charge >= 0.3 is 0 Å². The Morgan fingerprint density at radius 2 is 1.59 bits per heavy atom. The molecule has 0 radical (unpaired) electrons. The summed E-state index contributed by atoms with van der Waals surface area (Å²) >= 11 is 3.44. The molecule has 3 aromatic rings. The van der Waals surface area contributed by atoms with Gasteiger partial charge in [-0.15, -0.1) is 0 Å². The molecule has 1 fully saturated rings. The highest BCUT2D eigenvalue weighted by Crippen LogP contribution is 2.42. The number of para-hydroxylation sites is 1. The summed E-state index contributed by atoms with van der Waals surface area (Å²) in [4.78, 5) is 28.5. The summed E-state index contributed by atoms with van der Waals surface area (Å²) in [5, 5.41) is 6.41. The molecule has 0 saturated carbocycles. The molecule has 0 N–H and O–H groups in total. The number of carbonyl (C=O) groups is 2. The van der Waals surface area contributed by atoms with Gasteiger partial charge in [0, 0.05) is 10.5 Å². The Hall–Kier alpha value is -3.65. The molecule has 3 aromatic carbocycles. The maximum atomic E-state index is 13.6. The monoisotopic (exact) mass is 489 g/mol. The molecule has 8 heteroatoms. The first-order valence-electron chi connectivity index (χ1n) is 10.1. The van der Waals surface area contributed by atoms with Crippen LogP contribution in [0.5, 0.6) is 11.5 Å². The van der Waals surface area contributed by atoms with Crippen LogP contribution in [0, 0.1) is 5.92 Å². The SMILES string of the molecule is O=C1[C@H]2C(c3ccc(Br)cc3)=NN(c3ccccc3)[C@H]2C(=O)N1c1ccc2c(c1)OCO2. The highest BCUT2D eigenvalue weighted by molar-refractivity contribution is 9.10. The minimum Gasteiger partial charge on any atom is -0.454 e. The van der Waals surface area contributed by atoms with Gasteiger partial charge < -0.3 is 9.47 Å². The van der Waals surface area contributed by atoms with Crippen LogP contribution >= 0.6 is 15.9 Å². The van der Waals surface area contributed by atoms with E-state index in [2.05, 4.69) is 15.9 Å². The van der Waals surface area contributed by atoms with Gasteiger partial charge in [0.2, 0.25) is 12.7 Å². The van der Waals surface area contributed by atoms with Crippen molar-refractivity contribution in [1.29, 1.82) is 0 Å². The third-order valence-corrected chi connectivity index (χ3v) is 6.35. The van der Waals surface area contributed by atoms with Crippen LogP contribution in [0.4, 0.5) is 11.4 Å². The van der Waals surface area contributed by atoms with Crippen molar-refractivity contribution >= 4 is 44.8 Å². The third-order valence-electron chi connectivity index (χ3n) is 5.82. The Bertz CT molecular complexity index is 1280. The first kappa shape index (κ1) is 19.1. The highest BCUT2D eigenvalue weighted by Gasteiger charge is 2.57. The van der Waals surface area contributed by atoms with Gasteiger partial charge in [0.05, 0.1) is 17.1 Å². The average molecular weight is 490 g/mol. The van der Waals surface area contributed by atoms with Crippen LogP contribution < -0.4 is 19.4 Å². The highest BCUT2D eigenvalue weighted by atomic mass is 79.9. The largest absolute Gasteiger partial charge is 0.454 e. The minimum absolute atomic E-state index is 0.119. The molecule has 0 spiro atoms. The number of imide groups is 1. The van der Waals surface area contributed by atoms with E-state index in [1.54, 1.807) is 23.2 Å². The van der Waals surface area contributed by atoms with E-state index in [0.717, 1.165) is 15.7 Å². The number of carbonyl (C=O) groups excluding carboxylic acids is 2. The molecule has 2 atom stereocenters. The van der Waals surface area contributed by atoms with E-state index in [0.29, 0.717) is 22.9 Å². The van der Waals surface area contributed by atoms with Crippen LogP contribution in [-0.4, -0.2) is 30.4 Å². The first-order valence-corrected chi connectivity index (χ1v) is 10.9. The van der Waals surface area contributed by atoms with Gasteiger partial charge in [-0.2, -0.15) is 5.10 Å². The molecule has 3 aliphatic heterocycles. The molecule has 0 aliphatic carbocycles. The predicted octanol–water partition coefficient (Wildman–Crippen LogP) is 3.96. The number of anilines is 2. The Balaban J connectivity index is 1.46. The fraction of sp³-hybridized carbons (Fsp3) is 0.125. The number of ether oxygens (including phenoxy) is 2. The van der Waals surface area contributed by atoms with Crippen LogP contribution in [-0.2, 0) is 9.59 Å². The number of halogens is 1. The normalized spacial score (nSPS) is 21.2. The number of hydrogen-bond donors (Lipinski definition) is 0. The van der Waals surface area contributed by atoms with Crippen molar-refractivity contribution in [2.75, 3.05) is 16.7 Å². The molecule has 3 heterocycles. The Morgan fingerprint density at radius 3 is 2.38 bits per heavy atom. The van der Waals surface area contributed by atoms with Crippen LogP contribution in [0.3, 0.4) is 0 Å². The van der Waals surface area contributed by atoms with E-state index in [-0.39, 0.29) is 18.6 Å². The lowest BCUT2D eigenvalue weighted by atomic mass is 9.93. The topological polar surface area (TPSA) is 71.4 Å². The lowest BCUT2D eigenvalue weighted by molar-refractivity contribution is -0.121. The summed E-state index contributed by atoms with van der Waals surface area (Å²) < 4.78 is 11.7. The van der Waals surface area contributed by atoms with Gasteiger partial charge in [-0.05, 0) is 42.0 Å². The molecule has 1 saturated heterocycles. The van der Waals surface area contributed by atoms with Gasteiger partial charge in [0.1, 0.15) is 12.0 Å². The number of benzene rings is 3. The molecule has 0 unspecified atom stereocenters. The van der Waals surface area contributed by atoms with Gasteiger partial charge in [0.15, 0.2) is 11.5 Å². The fourth-order valence-corrected chi connectivity index (χ4v) is 4.61. The lowest BCUT2D eigenvalue weighted by Crippen LogP contribution is -2.39. The number of hydrazone groups is 1. The molecule has 0 bridgehead atoms. The van der Waals surface area contributed by atoms with E-state index >= 15 is 0 Å². The third kappa shape index (κ3) is 2.83. The number of fused-ring (bicyclic) bond motifs is 2. The zero-order valence-corrected chi connectivity index (χ0v) is 18.2. The van der Waals surface area contributed by atoms with Crippen molar-refractivity contribution in [3.05, 3.63) is 82.8 Å². The maximum Gasteiger partial charge on any atom is 0.259 e. The summed E-state index contributed by atoms with van der Waals surface area (Å²) in [6.45, 7) is 0.119. The van der Waals surface area contributed by atoms with Gasteiger partial charge in [-0.25, -0.2) is 4.90 Å². The average Bonchev–Trinajstić information content (AvgIpc) is 3.50. The second-order valence-electron chi connectivity index (χ2n) is 7.64. The second kappa shape index (κ2) is 7.20. The zero-order chi connectivity index (χ0) is 21.8. The molecular weight excluding hydrogens is 474 g/mol. The number of hydrogen-bond acceptors (Lipinski definition) is 6. The van der Waals surface area contributed by atoms with Crippen molar-refractivity contribution in [2.45, 2.75) is 6.04 Å².